The monoisotopic (exact) mass is 326 g/mol. The zero-order valence-corrected chi connectivity index (χ0v) is 13.5. The molecule has 0 saturated heterocycles. The number of aldehydes is 1. The van der Waals surface area contributed by atoms with Crippen molar-refractivity contribution in [2.24, 2.45) is 10.7 Å². The highest BCUT2D eigenvalue weighted by atomic mass is 16.5. The van der Waals surface area contributed by atoms with E-state index in [1.807, 2.05) is 6.07 Å². The normalized spacial score (nSPS) is 11.5. The molecule has 0 fully saturated rings. The third-order valence-electron chi connectivity index (χ3n) is 3.16. The van der Waals surface area contributed by atoms with E-state index in [0.717, 1.165) is 5.56 Å². The van der Waals surface area contributed by atoms with Gasteiger partial charge in [0.25, 0.3) is 0 Å². The first kappa shape index (κ1) is 17.1. The highest BCUT2D eigenvalue weighted by Crippen LogP contribution is 2.22. The molecule has 24 heavy (non-hydrogen) atoms. The van der Waals surface area contributed by atoms with E-state index in [2.05, 4.69) is 15.0 Å². The number of nitrogens with two attached hydrogens (primary N) is 1. The van der Waals surface area contributed by atoms with Gasteiger partial charge in [-0.05, 0) is 12.1 Å². The van der Waals surface area contributed by atoms with Gasteiger partial charge in [-0.15, -0.1) is 0 Å². The summed E-state index contributed by atoms with van der Waals surface area (Å²) in [4.78, 5) is 23.4. The van der Waals surface area contributed by atoms with Gasteiger partial charge in [0.05, 0.1) is 30.3 Å². The maximum Gasteiger partial charge on any atom is 0.213 e. The fraction of sp³-hybridized carbons (Fsp3) is 0.176. The second-order valence-electron chi connectivity index (χ2n) is 4.71. The van der Waals surface area contributed by atoms with E-state index in [-0.39, 0.29) is 6.61 Å². The molecular formula is C17H18N4O3. The minimum Gasteiger partial charge on any atom is -0.486 e. The van der Waals surface area contributed by atoms with Crippen molar-refractivity contribution in [3.8, 4) is 11.6 Å². The molecule has 7 heteroatoms. The van der Waals surface area contributed by atoms with Gasteiger partial charge in [-0.2, -0.15) is 0 Å². The third kappa shape index (κ3) is 4.16. The molecule has 0 aliphatic rings. The van der Waals surface area contributed by atoms with Crippen LogP contribution in [-0.2, 0) is 6.61 Å². The van der Waals surface area contributed by atoms with Gasteiger partial charge in [-0.3, -0.25) is 14.8 Å². The van der Waals surface area contributed by atoms with E-state index >= 15 is 0 Å². The van der Waals surface area contributed by atoms with Crippen LogP contribution in [0.1, 0.15) is 21.6 Å². The molecule has 2 heterocycles. The topological polar surface area (TPSA) is 99.7 Å². The third-order valence-corrected chi connectivity index (χ3v) is 3.16. The molecule has 124 valence electrons. The van der Waals surface area contributed by atoms with Crippen LogP contribution in [0.15, 0.2) is 41.7 Å². The first-order valence-electron chi connectivity index (χ1n) is 7.13. The van der Waals surface area contributed by atoms with Crippen LogP contribution in [0.4, 0.5) is 0 Å². The Balaban J connectivity index is 2.23. The number of aliphatic imine (C=N–C) groups is 1. The average molecular weight is 326 g/mol. The van der Waals surface area contributed by atoms with Gasteiger partial charge in [-0.1, -0.05) is 6.07 Å². The molecule has 0 aromatic carbocycles. The van der Waals surface area contributed by atoms with Crippen molar-refractivity contribution >= 4 is 18.2 Å². The number of methoxy groups -OCH3 is 1. The largest absolute Gasteiger partial charge is 0.486 e. The van der Waals surface area contributed by atoms with Crippen LogP contribution in [-0.4, -0.2) is 36.6 Å². The highest BCUT2D eigenvalue weighted by molar-refractivity contribution is 5.83. The standard InChI is InChI=1S/C17H18N4O3/c1-19-7-5-14(18)17-12(4-3-6-20-17)11-24-15-9-21-16(23-2)8-13(15)10-22/h3-10H,11,18H2,1-2H3. The van der Waals surface area contributed by atoms with E-state index in [9.17, 15) is 4.79 Å². The molecule has 0 spiro atoms. The Morgan fingerprint density at radius 3 is 2.96 bits per heavy atom. The van der Waals surface area contributed by atoms with Crippen LogP contribution >= 0.6 is 0 Å². The fourth-order valence-electron chi connectivity index (χ4n) is 1.97. The van der Waals surface area contributed by atoms with Crippen molar-refractivity contribution < 1.29 is 14.3 Å². The Morgan fingerprint density at radius 2 is 2.25 bits per heavy atom. The average Bonchev–Trinajstić information content (AvgIpc) is 2.64. The van der Waals surface area contributed by atoms with Gasteiger partial charge >= 0.3 is 0 Å². The van der Waals surface area contributed by atoms with Crippen molar-refractivity contribution in [3.05, 3.63) is 53.5 Å². The summed E-state index contributed by atoms with van der Waals surface area (Å²) in [7, 11) is 3.14. The van der Waals surface area contributed by atoms with Gasteiger partial charge in [0.1, 0.15) is 12.4 Å². The summed E-state index contributed by atoms with van der Waals surface area (Å²) in [6.45, 7) is 0.190. The number of carbonyl (C=O) groups is 1. The lowest BCUT2D eigenvalue weighted by Gasteiger charge is -2.12. The van der Waals surface area contributed by atoms with Gasteiger partial charge in [0.2, 0.25) is 5.88 Å². The summed E-state index contributed by atoms with van der Waals surface area (Å²) < 4.78 is 10.7. The van der Waals surface area contributed by atoms with Crippen molar-refractivity contribution in [1.29, 1.82) is 0 Å². The number of hydrogen-bond acceptors (Lipinski definition) is 7. The first-order chi connectivity index (χ1) is 11.7. The van der Waals surface area contributed by atoms with Gasteiger partial charge in [-0.25, -0.2) is 4.98 Å². The van der Waals surface area contributed by atoms with E-state index in [1.54, 1.807) is 31.6 Å². The molecule has 2 aromatic rings. The number of rotatable bonds is 7. The van der Waals surface area contributed by atoms with Crippen molar-refractivity contribution in [2.75, 3.05) is 14.2 Å². The second-order valence-corrected chi connectivity index (χ2v) is 4.71. The Bertz CT molecular complexity index is 772. The molecule has 0 saturated carbocycles. The molecule has 7 nitrogen and oxygen atoms in total. The summed E-state index contributed by atoms with van der Waals surface area (Å²) >= 11 is 0. The summed E-state index contributed by atoms with van der Waals surface area (Å²) in [6.07, 6.45) is 7.04. The lowest BCUT2D eigenvalue weighted by atomic mass is 10.1. The maximum atomic E-state index is 11.2. The molecule has 2 N–H and O–H groups in total. The summed E-state index contributed by atoms with van der Waals surface area (Å²) in [5.74, 6) is 0.704. The summed E-state index contributed by atoms with van der Waals surface area (Å²) in [5.41, 5.74) is 8.23. The number of allylic oxidation sites excluding steroid dienone is 1. The number of hydrogen-bond donors (Lipinski definition) is 1. The predicted molar refractivity (Wildman–Crippen MR) is 91.3 cm³/mol. The summed E-state index contributed by atoms with van der Waals surface area (Å²) in [6, 6.07) is 5.15. The Hall–Kier alpha value is -3.22. The number of carbonyl (C=O) groups excluding carboxylic acids is 1. The van der Waals surface area contributed by atoms with Crippen molar-refractivity contribution in [3.63, 3.8) is 0 Å². The smallest absolute Gasteiger partial charge is 0.213 e. The lowest BCUT2D eigenvalue weighted by Crippen LogP contribution is -2.07. The van der Waals surface area contributed by atoms with E-state index < -0.39 is 0 Å². The molecule has 0 atom stereocenters. The van der Waals surface area contributed by atoms with Crippen molar-refractivity contribution in [2.45, 2.75) is 6.61 Å². The molecule has 2 aromatic heterocycles. The second kappa shape index (κ2) is 8.42. The number of nitrogens with zero attached hydrogens (tertiary/aromatic N) is 3. The minimum atomic E-state index is 0.190. The lowest BCUT2D eigenvalue weighted by molar-refractivity contribution is 0.111. The molecule has 0 aliphatic heterocycles. The molecule has 0 aliphatic carbocycles. The maximum absolute atomic E-state index is 11.2. The van der Waals surface area contributed by atoms with Crippen LogP contribution < -0.4 is 15.2 Å². The highest BCUT2D eigenvalue weighted by Gasteiger charge is 2.10. The van der Waals surface area contributed by atoms with E-state index in [4.69, 9.17) is 15.2 Å². The SMILES string of the molecule is CN=CC=C(N)c1ncccc1COc1cnc(OC)cc1C=O. The van der Waals surface area contributed by atoms with Crippen LogP contribution in [0.5, 0.6) is 11.6 Å². The number of pyridine rings is 2. The first-order valence-corrected chi connectivity index (χ1v) is 7.13. The number of ether oxygens (including phenoxy) is 2. The quantitative estimate of drug-likeness (QED) is 0.616. The zero-order valence-electron chi connectivity index (χ0n) is 13.5. The molecule has 2 rings (SSSR count). The molecule has 0 bridgehead atoms. The predicted octanol–water partition coefficient (Wildman–Crippen LogP) is 1.88. The Labute approximate surface area is 139 Å². The number of aromatic nitrogens is 2. The van der Waals surface area contributed by atoms with Crippen LogP contribution in [0, 0.1) is 0 Å². The Kier molecular flexibility index (Phi) is 6.01. The van der Waals surface area contributed by atoms with Crippen LogP contribution in [0.3, 0.4) is 0 Å². The molecular weight excluding hydrogens is 308 g/mol. The van der Waals surface area contributed by atoms with Crippen LogP contribution in [0.25, 0.3) is 5.70 Å². The zero-order chi connectivity index (χ0) is 17.4. The van der Waals surface area contributed by atoms with E-state index in [0.29, 0.717) is 34.9 Å². The molecule has 0 radical (unpaired) electrons. The molecule has 0 unspecified atom stereocenters. The van der Waals surface area contributed by atoms with Gasteiger partial charge in [0.15, 0.2) is 6.29 Å². The van der Waals surface area contributed by atoms with Crippen LogP contribution in [0.2, 0.25) is 0 Å². The minimum absolute atomic E-state index is 0.190. The van der Waals surface area contributed by atoms with E-state index in [1.165, 1.54) is 19.4 Å². The van der Waals surface area contributed by atoms with Crippen molar-refractivity contribution in [1.82, 2.24) is 9.97 Å². The fourth-order valence-corrected chi connectivity index (χ4v) is 1.97. The van der Waals surface area contributed by atoms with Gasteiger partial charge < -0.3 is 15.2 Å². The van der Waals surface area contributed by atoms with Gasteiger partial charge in [0, 0.05) is 31.1 Å². The Morgan fingerprint density at radius 1 is 1.42 bits per heavy atom. The molecule has 0 amide bonds. The summed E-state index contributed by atoms with van der Waals surface area (Å²) in [5, 5.41) is 0.